The van der Waals surface area contributed by atoms with Gasteiger partial charge in [-0.1, -0.05) is 17.7 Å². The van der Waals surface area contributed by atoms with Crippen molar-refractivity contribution in [2.75, 3.05) is 19.7 Å². The van der Waals surface area contributed by atoms with E-state index in [0.29, 0.717) is 24.9 Å². The molecule has 0 radical (unpaired) electrons. The summed E-state index contributed by atoms with van der Waals surface area (Å²) in [5, 5.41) is 8.42. The van der Waals surface area contributed by atoms with E-state index in [1.165, 1.54) is 0 Å². The summed E-state index contributed by atoms with van der Waals surface area (Å²) in [6, 6.07) is 7.98. The standard InChI is InChI=1S/C19H25N3O3/c1-4-24-19(23)16-9-6-10-22(12-16)14(3)17-20-21-18(25-17)15-8-5-7-13(2)11-15/h5,7-8,11,14,16H,4,6,9-10,12H2,1-3H3. The number of aromatic nitrogens is 2. The summed E-state index contributed by atoms with van der Waals surface area (Å²) in [6.07, 6.45) is 1.84. The van der Waals surface area contributed by atoms with Crippen LogP contribution in [0.2, 0.25) is 0 Å². The molecule has 25 heavy (non-hydrogen) atoms. The second-order valence-corrected chi connectivity index (χ2v) is 6.58. The second kappa shape index (κ2) is 7.78. The minimum Gasteiger partial charge on any atom is -0.466 e. The van der Waals surface area contributed by atoms with Crippen molar-refractivity contribution in [3.63, 3.8) is 0 Å². The van der Waals surface area contributed by atoms with Crippen LogP contribution in [0.15, 0.2) is 28.7 Å². The molecule has 1 aliphatic heterocycles. The Morgan fingerprint density at radius 1 is 1.44 bits per heavy atom. The van der Waals surface area contributed by atoms with Gasteiger partial charge in [0.25, 0.3) is 0 Å². The van der Waals surface area contributed by atoms with E-state index < -0.39 is 0 Å². The molecule has 0 spiro atoms. The third-order valence-electron chi connectivity index (χ3n) is 4.68. The van der Waals surface area contributed by atoms with Gasteiger partial charge in [-0.2, -0.15) is 0 Å². The Bertz CT molecular complexity index is 728. The highest BCUT2D eigenvalue weighted by atomic mass is 16.5. The molecule has 1 aromatic carbocycles. The molecule has 1 saturated heterocycles. The molecule has 2 aromatic rings. The van der Waals surface area contributed by atoms with Crippen molar-refractivity contribution < 1.29 is 13.9 Å². The molecule has 134 valence electrons. The topological polar surface area (TPSA) is 68.5 Å². The van der Waals surface area contributed by atoms with E-state index in [4.69, 9.17) is 9.15 Å². The van der Waals surface area contributed by atoms with Gasteiger partial charge >= 0.3 is 5.97 Å². The van der Waals surface area contributed by atoms with E-state index in [9.17, 15) is 4.79 Å². The number of carbonyl (C=O) groups is 1. The molecule has 2 atom stereocenters. The van der Waals surface area contributed by atoms with Crippen LogP contribution >= 0.6 is 0 Å². The Morgan fingerprint density at radius 3 is 3.04 bits per heavy atom. The van der Waals surface area contributed by atoms with Crippen molar-refractivity contribution in [1.29, 1.82) is 0 Å². The number of hydrogen-bond acceptors (Lipinski definition) is 6. The molecule has 1 aliphatic rings. The number of rotatable bonds is 5. The van der Waals surface area contributed by atoms with Gasteiger partial charge in [-0.25, -0.2) is 0 Å². The molecule has 1 fully saturated rings. The largest absolute Gasteiger partial charge is 0.466 e. The van der Waals surface area contributed by atoms with Crippen molar-refractivity contribution in [2.45, 2.75) is 39.7 Å². The number of likely N-dealkylation sites (tertiary alicyclic amines) is 1. The van der Waals surface area contributed by atoms with Crippen LogP contribution in [0.3, 0.4) is 0 Å². The third kappa shape index (κ3) is 4.07. The highest BCUT2D eigenvalue weighted by Crippen LogP contribution is 2.28. The van der Waals surface area contributed by atoms with Gasteiger partial charge in [-0.15, -0.1) is 10.2 Å². The molecule has 0 saturated carbocycles. The molecule has 2 unspecified atom stereocenters. The van der Waals surface area contributed by atoms with Crippen molar-refractivity contribution in [3.8, 4) is 11.5 Å². The molecule has 3 rings (SSSR count). The summed E-state index contributed by atoms with van der Waals surface area (Å²) in [5.41, 5.74) is 2.08. The third-order valence-corrected chi connectivity index (χ3v) is 4.68. The van der Waals surface area contributed by atoms with E-state index in [2.05, 4.69) is 15.1 Å². The van der Waals surface area contributed by atoms with Gasteiger partial charge in [0.2, 0.25) is 11.8 Å². The Labute approximate surface area is 148 Å². The van der Waals surface area contributed by atoms with Crippen molar-refractivity contribution in [2.24, 2.45) is 5.92 Å². The van der Waals surface area contributed by atoms with Gasteiger partial charge in [0, 0.05) is 12.1 Å². The first-order valence-corrected chi connectivity index (χ1v) is 8.89. The van der Waals surface area contributed by atoms with Crippen LogP contribution in [0.4, 0.5) is 0 Å². The molecule has 0 bridgehead atoms. The average Bonchev–Trinajstić information content (AvgIpc) is 3.11. The second-order valence-electron chi connectivity index (χ2n) is 6.58. The molecule has 6 nitrogen and oxygen atoms in total. The van der Waals surface area contributed by atoms with Crippen LogP contribution in [0.25, 0.3) is 11.5 Å². The van der Waals surface area contributed by atoms with Crippen LogP contribution in [0, 0.1) is 12.8 Å². The molecule has 6 heteroatoms. The fourth-order valence-electron chi connectivity index (χ4n) is 3.27. The van der Waals surface area contributed by atoms with Crippen molar-refractivity contribution >= 4 is 5.97 Å². The van der Waals surface area contributed by atoms with E-state index in [1.54, 1.807) is 0 Å². The maximum absolute atomic E-state index is 12.0. The lowest BCUT2D eigenvalue weighted by Gasteiger charge is -2.34. The van der Waals surface area contributed by atoms with Gasteiger partial charge in [0.15, 0.2) is 0 Å². The van der Waals surface area contributed by atoms with Crippen LogP contribution in [0.5, 0.6) is 0 Å². The maximum atomic E-state index is 12.0. The number of carbonyl (C=O) groups excluding carboxylic acids is 1. The lowest BCUT2D eigenvalue weighted by molar-refractivity contribution is -0.150. The minimum atomic E-state index is -0.106. The zero-order valence-corrected chi connectivity index (χ0v) is 15.1. The molecular formula is C19H25N3O3. The van der Waals surface area contributed by atoms with E-state index in [1.807, 2.05) is 45.0 Å². The van der Waals surface area contributed by atoms with Crippen molar-refractivity contribution in [1.82, 2.24) is 15.1 Å². The number of esters is 1. The normalized spacial score (nSPS) is 19.6. The highest BCUT2D eigenvalue weighted by Gasteiger charge is 2.31. The number of benzene rings is 1. The Morgan fingerprint density at radius 2 is 2.28 bits per heavy atom. The molecule has 0 aliphatic carbocycles. The predicted octanol–water partition coefficient (Wildman–Crippen LogP) is 3.38. The Hall–Kier alpha value is -2.21. The summed E-state index contributed by atoms with van der Waals surface area (Å²) in [4.78, 5) is 14.2. The lowest BCUT2D eigenvalue weighted by atomic mass is 9.97. The lowest BCUT2D eigenvalue weighted by Crippen LogP contribution is -2.40. The first kappa shape index (κ1) is 17.6. The summed E-state index contributed by atoms with van der Waals surface area (Å²) < 4.78 is 11.1. The van der Waals surface area contributed by atoms with Gasteiger partial charge in [0.1, 0.15) is 0 Å². The summed E-state index contributed by atoms with van der Waals surface area (Å²) >= 11 is 0. The van der Waals surface area contributed by atoms with Gasteiger partial charge in [-0.05, 0) is 52.3 Å². The Balaban J connectivity index is 1.70. The van der Waals surface area contributed by atoms with Crippen LogP contribution in [-0.2, 0) is 9.53 Å². The fraction of sp³-hybridized carbons (Fsp3) is 0.526. The molecule has 1 aromatic heterocycles. The zero-order valence-electron chi connectivity index (χ0n) is 15.1. The SMILES string of the molecule is CCOC(=O)C1CCCN(C(C)c2nnc(-c3cccc(C)c3)o2)C1. The fourth-order valence-corrected chi connectivity index (χ4v) is 3.27. The van der Waals surface area contributed by atoms with E-state index >= 15 is 0 Å². The molecular weight excluding hydrogens is 318 g/mol. The predicted molar refractivity (Wildman–Crippen MR) is 93.8 cm³/mol. The quantitative estimate of drug-likeness (QED) is 0.775. The van der Waals surface area contributed by atoms with Crippen LogP contribution in [0.1, 0.15) is 44.2 Å². The van der Waals surface area contributed by atoms with Crippen LogP contribution < -0.4 is 0 Å². The molecule has 0 amide bonds. The zero-order chi connectivity index (χ0) is 17.8. The average molecular weight is 343 g/mol. The number of piperidine rings is 1. The number of hydrogen-bond donors (Lipinski definition) is 0. The monoisotopic (exact) mass is 343 g/mol. The van der Waals surface area contributed by atoms with Crippen LogP contribution in [-0.4, -0.2) is 40.8 Å². The smallest absolute Gasteiger partial charge is 0.310 e. The minimum absolute atomic E-state index is 0.0247. The molecule has 2 heterocycles. The highest BCUT2D eigenvalue weighted by molar-refractivity contribution is 5.72. The first-order chi connectivity index (χ1) is 12.1. The number of nitrogens with zero attached hydrogens (tertiary/aromatic N) is 3. The summed E-state index contributed by atoms with van der Waals surface area (Å²) in [7, 11) is 0. The first-order valence-electron chi connectivity index (χ1n) is 8.89. The number of aryl methyl sites for hydroxylation is 1. The van der Waals surface area contributed by atoms with E-state index in [0.717, 1.165) is 30.5 Å². The van der Waals surface area contributed by atoms with E-state index in [-0.39, 0.29) is 17.9 Å². The summed E-state index contributed by atoms with van der Waals surface area (Å²) in [6.45, 7) is 7.93. The van der Waals surface area contributed by atoms with Gasteiger partial charge in [-0.3, -0.25) is 9.69 Å². The Kier molecular flexibility index (Phi) is 5.48. The molecule has 0 N–H and O–H groups in total. The summed E-state index contributed by atoms with van der Waals surface area (Å²) in [5.74, 6) is 0.936. The number of ether oxygens (including phenoxy) is 1. The maximum Gasteiger partial charge on any atom is 0.310 e. The van der Waals surface area contributed by atoms with Gasteiger partial charge < -0.3 is 9.15 Å². The van der Waals surface area contributed by atoms with Crippen molar-refractivity contribution in [3.05, 3.63) is 35.7 Å². The van der Waals surface area contributed by atoms with Gasteiger partial charge in [0.05, 0.1) is 18.6 Å².